The van der Waals surface area contributed by atoms with E-state index in [2.05, 4.69) is 26.1 Å². The summed E-state index contributed by atoms with van der Waals surface area (Å²) >= 11 is 0. The fourth-order valence-corrected chi connectivity index (χ4v) is 1.77. The lowest BCUT2D eigenvalue weighted by atomic mass is 10.1. The van der Waals surface area contributed by atoms with Crippen molar-refractivity contribution in [3.63, 3.8) is 0 Å². The van der Waals surface area contributed by atoms with Gasteiger partial charge in [0.2, 0.25) is 0 Å². The molecule has 0 fully saturated rings. The molecule has 0 unspecified atom stereocenters. The molecule has 0 aromatic heterocycles. The molecule has 0 heterocycles. The van der Waals surface area contributed by atoms with E-state index in [0.29, 0.717) is 12.2 Å². The van der Waals surface area contributed by atoms with Gasteiger partial charge in [-0.2, -0.15) is 0 Å². The van der Waals surface area contributed by atoms with E-state index in [0.717, 1.165) is 6.54 Å². The fraction of sp³-hybridized carbons (Fsp3) is 1.00. The standard InChI is InChI=1S/C9H21NO2S/c1-5-13(11,12)8-6-7-10-9(2,3)4/h10H,5-8H2,1-4H3. The van der Waals surface area contributed by atoms with Crippen LogP contribution in [0.4, 0.5) is 0 Å². The van der Waals surface area contributed by atoms with E-state index in [1.807, 2.05) is 0 Å². The van der Waals surface area contributed by atoms with Gasteiger partial charge in [0.05, 0.1) is 5.75 Å². The van der Waals surface area contributed by atoms with Crippen molar-refractivity contribution in [3.05, 3.63) is 0 Å². The Labute approximate surface area is 81.8 Å². The highest BCUT2D eigenvalue weighted by atomic mass is 32.2. The lowest BCUT2D eigenvalue weighted by molar-refractivity contribution is 0.426. The Morgan fingerprint density at radius 1 is 1.23 bits per heavy atom. The first-order valence-corrected chi connectivity index (χ1v) is 6.54. The van der Waals surface area contributed by atoms with Crippen molar-refractivity contribution in [2.45, 2.75) is 39.7 Å². The van der Waals surface area contributed by atoms with E-state index in [-0.39, 0.29) is 11.3 Å². The minimum atomic E-state index is -2.78. The molecular formula is C9H21NO2S. The van der Waals surface area contributed by atoms with Crippen molar-refractivity contribution < 1.29 is 8.42 Å². The van der Waals surface area contributed by atoms with Gasteiger partial charge in [-0.1, -0.05) is 6.92 Å². The van der Waals surface area contributed by atoms with Gasteiger partial charge in [0.25, 0.3) is 0 Å². The maximum atomic E-state index is 11.1. The van der Waals surface area contributed by atoms with Gasteiger partial charge in [0.1, 0.15) is 9.84 Å². The summed E-state index contributed by atoms with van der Waals surface area (Å²) in [7, 11) is -2.78. The highest BCUT2D eigenvalue weighted by molar-refractivity contribution is 7.91. The minimum absolute atomic E-state index is 0.0793. The van der Waals surface area contributed by atoms with E-state index in [1.165, 1.54) is 0 Å². The van der Waals surface area contributed by atoms with Gasteiger partial charge in [-0.3, -0.25) is 0 Å². The molecule has 0 atom stereocenters. The lowest BCUT2D eigenvalue weighted by Crippen LogP contribution is -2.37. The molecule has 0 saturated carbocycles. The first-order chi connectivity index (χ1) is 5.77. The van der Waals surface area contributed by atoms with Crippen molar-refractivity contribution in [3.8, 4) is 0 Å². The Balaban J connectivity index is 3.59. The quantitative estimate of drug-likeness (QED) is 0.689. The summed E-state index contributed by atoms with van der Waals surface area (Å²) in [6.07, 6.45) is 0.702. The summed E-state index contributed by atoms with van der Waals surface area (Å²) in [5, 5.41) is 3.25. The SMILES string of the molecule is CCS(=O)(=O)CCCNC(C)(C)C. The number of sulfone groups is 1. The molecule has 0 saturated heterocycles. The largest absolute Gasteiger partial charge is 0.312 e. The summed E-state index contributed by atoms with van der Waals surface area (Å²) < 4.78 is 22.2. The summed E-state index contributed by atoms with van der Waals surface area (Å²) in [5.41, 5.74) is 0.0793. The molecule has 4 heteroatoms. The van der Waals surface area contributed by atoms with Crippen LogP contribution < -0.4 is 5.32 Å². The zero-order valence-electron chi connectivity index (χ0n) is 9.05. The molecular weight excluding hydrogens is 186 g/mol. The topological polar surface area (TPSA) is 46.2 Å². The van der Waals surface area contributed by atoms with Gasteiger partial charge in [-0.25, -0.2) is 8.42 Å². The first-order valence-electron chi connectivity index (χ1n) is 4.72. The normalized spacial score (nSPS) is 13.2. The zero-order chi connectivity index (χ0) is 10.5. The van der Waals surface area contributed by atoms with Gasteiger partial charge in [0.15, 0.2) is 0 Å². The molecule has 1 N–H and O–H groups in total. The van der Waals surface area contributed by atoms with Gasteiger partial charge in [0, 0.05) is 11.3 Å². The number of hydrogen-bond acceptors (Lipinski definition) is 3. The van der Waals surface area contributed by atoms with E-state index >= 15 is 0 Å². The maximum absolute atomic E-state index is 11.1. The predicted octanol–water partition coefficient (Wildman–Crippen LogP) is 1.20. The minimum Gasteiger partial charge on any atom is -0.312 e. The van der Waals surface area contributed by atoms with Gasteiger partial charge in [-0.05, 0) is 33.7 Å². The van der Waals surface area contributed by atoms with Crippen LogP contribution in [0.25, 0.3) is 0 Å². The zero-order valence-corrected chi connectivity index (χ0v) is 9.87. The third-order valence-corrected chi connectivity index (χ3v) is 3.52. The summed E-state index contributed by atoms with van der Waals surface area (Å²) in [6, 6.07) is 0. The van der Waals surface area contributed by atoms with Crippen LogP contribution in [0.15, 0.2) is 0 Å². The van der Waals surface area contributed by atoms with Crippen molar-refractivity contribution in [1.29, 1.82) is 0 Å². The molecule has 0 spiro atoms. The molecule has 0 aromatic rings. The second-order valence-electron chi connectivity index (χ2n) is 4.27. The molecule has 0 amide bonds. The van der Waals surface area contributed by atoms with Crippen LogP contribution in [0.5, 0.6) is 0 Å². The van der Waals surface area contributed by atoms with Crippen LogP contribution in [0, 0.1) is 0 Å². The summed E-state index contributed by atoms with van der Waals surface area (Å²) in [4.78, 5) is 0. The highest BCUT2D eigenvalue weighted by Gasteiger charge is 2.10. The van der Waals surface area contributed by atoms with E-state index in [9.17, 15) is 8.42 Å². The molecule has 3 nitrogen and oxygen atoms in total. The average Bonchev–Trinajstić information content (AvgIpc) is 1.97. The van der Waals surface area contributed by atoms with E-state index in [1.54, 1.807) is 6.92 Å². The molecule has 0 aromatic carbocycles. The summed E-state index contributed by atoms with van der Waals surface area (Å²) in [5.74, 6) is 0.551. The molecule has 0 rings (SSSR count). The van der Waals surface area contributed by atoms with Crippen LogP contribution in [-0.2, 0) is 9.84 Å². The third-order valence-electron chi connectivity index (χ3n) is 1.73. The Hall–Kier alpha value is -0.0900. The molecule has 0 bridgehead atoms. The molecule has 13 heavy (non-hydrogen) atoms. The van der Waals surface area contributed by atoms with Crippen molar-refractivity contribution in [1.82, 2.24) is 5.32 Å². The number of nitrogens with one attached hydrogen (secondary N) is 1. The van der Waals surface area contributed by atoms with Gasteiger partial charge in [-0.15, -0.1) is 0 Å². The van der Waals surface area contributed by atoms with E-state index in [4.69, 9.17) is 0 Å². The Bertz CT molecular complexity index is 226. The van der Waals surface area contributed by atoms with Crippen LogP contribution in [0.3, 0.4) is 0 Å². The molecule has 0 aliphatic carbocycles. The average molecular weight is 207 g/mol. The van der Waals surface area contributed by atoms with Crippen LogP contribution in [0.1, 0.15) is 34.1 Å². The first kappa shape index (κ1) is 12.9. The smallest absolute Gasteiger partial charge is 0.150 e. The lowest BCUT2D eigenvalue weighted by Gasteiger charge is -2.20. The van der Waals surface area contributed by atoms with Gasteiger partial charge >= 0.3 is 0 Å². The Morgan fingerprint density at radius 3 is 2.15 bits per heavy atom. The summed E-state index contributed by atoms with van der Waals surface area (Å²) in [6.45, 7) is 8.67. The number of hydrogen-bond donors (Lipinski definition) is 1. The predicted molar refractivity (Wildman–Crippen MR) is 56.7 cm³/mol. The Morgan fingerprint density at radius 2 is 1.77 bits per heavy atom. The second kappa shape index (κ2) is 4.96. The van der Waals surface area contributed by atoms with E-state index < -0.39 is 9.84 Å². The van der Waals surface area contributed by atoms with Crippen LogP contribution in [-0.4, -0.2) is 32.0 Å². The van der Waals surface area contributed by atoms with Crippen molar-refractivity contribution in [2.75, 3.05) is 18.1 Å². The highest BCUT2D eigenvalue weighted by Crippen LogP contribution is 1.99. The van der Waals surface area contributed by atoms with Crippen molar-refractivity contribution >= 4 is 9.84 Å². The third kappa shape index (κ3) is 8.25. The maximum Gasteiger partial charge on any atom is 0.150 e. The van der Waals surface area contributed by atoms with Crippen LogP contribution in [0.2, 0.25) is 0 Å². The van der Waals surface area contributed by atoms with Crippen molar-refractivity contribution in [2.24, 2.45) is 0 Å². The molecule has 0 aliphatic heterocycles. The Kier molecular flexibility index (Phi) is 4.92. The van der Waals surface area contributed by atoms with Crippen LogP contribution >= 0.6 is 0 Å². The fourth-order valence-electron chi connectivity index (χ4n) is 0.900. The molecule has 80 valence electrons. The second-order valence-corrected chi connectivity index (χ2v) is 6.74. The molecule has 0 radical (unpaired) electrons. The number of rotatable bonds is 5. The monoisotopic (exact) mass is 207 g/mol. The van der Waals surface area contributed by atoms with Gasteiger partial charge < -0.3 is 5.32 Å². The molecule has 0 aliphatic rings.